The van der Waals surface area contributed by atoms with E-state index in [1.807, 2.05) is 6.92 Å². The third-order valence-corrected chi connectivity index (χ3v) is 8.01. The van der Waals surface area contributed by atoms with E-state index in [1.165, 1.54) is 40.1 Å². The summed E-state index contributed by atoms with van der Waals surface area (Å²) in [5.41, 5.74) is 0.236. The van der Waals surface area contributed by atoms with Crippen molar-refractivity contribution >= 4 is 27.7 Å². The molecule has 1 aliphatic heterocycles. The molecule has 0 unspecified atom stereocenters. The lowest BCUT2D eigenvalue weighted by Crippen LogP contribution is -2.40. The Morgan fingerprint density at radius 1 is 1.27 bits per heavy atom. The van der Waals surface area contributed by atoms with Crippen molar-refractivity contribution in [3.8, 4) is 0 Å². The predicted octanol–water partition coefficient (Wildman–Crippen LogP) is 2.99. The van der Waals surface area contributed by atoms with Crippen LogP contribution in [0.1, 0.15) is 37.6 Å². The van der Waals surface area contributed by atoms with Crippen LogP contribution in [0.5, 0.6) is 0 Å². The summed E-state index contributed by atoms with van der Waals surface area (Å²) in [5, 5.41) is -0.905. The molecule has 1 saturated heterocycles. The molecule has 0 aromatic heterocycles. The Bertz CT molecular complexity index is 758. The molecule has 146 valence electrons. The zero-order valence-electron chi connectivity index (χ0n) is 15.1. The quantitative estimate of drug-likeness (QED) is 0.666. The lowest BCUT2D eigenvalue weighted by Gasteiger charge is -2.27. The van der Waals surface area contributed by atoms with Gasteiger partial charge >= 0.3 is 0 Å². The molecule has 2 rings (SSSR count). The van der Waals surface area contributed by atoms with E-state index >= 15 is 0 Å². The maximum atomic E-state index is 14.2. The molecule has 1 fully saturated rings. The van der Waals surface area contributed by atoms with E-state index in [0.29, 0.717) is 12.8 Å². The third-order valence-electron chi connectivity index (χ3n) is 4.33. The highest BCUT2D eigenvalue weighted by Gasteiger charge is 2.41. The molecule has 1 heterocycles. The van der Waals surface area contributed by atoms with Gasteiger partial charge in [0, 0.05) is 31.8 Å². The molecule has 9 heteroatoms. The van der Waals surface area contributed by atoms with Gasteiger partial charge in [-0.2, -0.15) is 0 Å². The number of carbonyl (C=O) groups is 1. The normalized spacial score (nSPS) is 21.0. The SMILES string of the molecule is CCCS(=O)(=O)N(C)CCN1C(=O)[C@@H](CC)S[C@H]1c1ccc(F)cc1F. The minimum absolute atomic E-state index is 0.0415. The van der Waals surface area contributed by atoms with Gasteiger partial charge in [0.2, 0.25) is 15.9 Å². The van der Waals surface area contributed by atoms with Crippen molar-refractivity contribution in [2.24, 2.45) is 0 Å². The highest BCUT2D eigenvalue weighted by atomic mass is 32.2. The Labute approximate surface area is 157 Å². The molecule has 0 aliphatic carbocycles. The second-order valence-corrected chi connectivity index (χ2v) is 9.70. The van der Waals surface area contributed by atoms with Gasteiger partial charge in [-0.3, -0.25) is 4.79 Å². The molecule has 0 spiro atoms. The summed E-state index contributed by atoms with van der Waals surface area (Å²) in [4.78, 5) is 14.1. The summed E-state index contributed by atoms with van der Waals surface area (Å²) in [5.74, 6) is -1.49. The molecule has 1 aromatic rings. The predicted molar refractivity (Wildman–Crippen MR) is 99.2 cm³/mol. The van der Waals surface area contributed by atoms with Crippen LogP contribution in [0.25, 0.3) is 0 Å². The van der Waals surface area contributed by atoms with Crippen LogP contribution in [-0.4, -0.2) is 54.7 Å². The topological polar surface area (TPSA) is 57.7 Å². The Kier molecular flexibility index (Phi) is 7.04. The van der Waals surface area contributed by atoms with Crippen LogP contribution >= 0.6 is 11.8 Å². The first kappa shape index (κ1) is 21.1. The van der Waals surface area contributed by atoms with Crippen LogP contribution in [0, 0.1) is 11.6 Å². The number of benzene rings is 1. The van der Waals surface area contributed by atoms with Gasteiger partial charge in [-0.05, 0) is 18.9 Å². The molecule has 1 aromatic carbocycles. The first-order valence-electron chi connectivity index (χ1n) is 8.56. The molecule has 0 radical (unpaired) electrons. The van der Waals surface area contributed by atoms with Crippen LogP contribution in [-0.2, 0) is 14.8 Å². The molecule has 2 atom stereocenters. The van der Waals surface area contributed by atoms with Crippen LogP contribution in [0.4, 0.5) is 8.78 Å². The lowest BCUT2D eigenvalue weighted by atomic mass is 10.1. The zero-order chi connectivity index (χ0) is 19.5. The van der Waals surface area contributed by atoms with Gasteiger partial charge in [0.1, 0.15) is 17.0 Å². The number of hydrogen-bond acceptors (Lipinski definition) is 4. The Morgan fingerprint density at radius 2 is 1.96 bits per heavy atom. The van der Waals surface area contributed by atoms with Crippen molar-refractivity contribution in [1.29, 1.82) is 0 Å². The van der Waals surface area contributed by atoms with Crippen LogP contribution in [0.2, 0.25) is 0 Å². The van der Waals surface area contributed by atoms with Gasteiger partial charge in [0.05, 0.1) is 11.0 Å². The summed E-state index contributed by atoms with van der Waals surface area (Å²) in [7, 11) is -1.89. The number of rotatable bonds is 8. The number of hydrogen-bond donors (Lipinski definition) is 0. The maximum Gasteiger partial charge on any atom is 0.236 e. The summed E-state index contributed by atoms with van der Waals surface area (Å²) >= 11 is 1.32. The average Bonchev–Trinajstić information content (AvgIpc) is 2.88. The largest absolute Gasteiger partial charge is 0.324 e. The van der Waals surface area contributed by atoms with E-state index in [0.717, 1.165) is 6.07 Å². The minimum atomic E-state index is -3.37. The van der Waals surface area contributed by atoms with E-state index < -0.39 is 27.0 Å². The van der Waals surface area contributed by atoms with Crippen molar-refractivity contribution in [2.75, 3.05) is 25.9 Å². The second kappa shape index (κ2) is 8.67. The maximum absolute atomic E-state index is 14.2. The fourth-order valence-electron chi connectivity index (χ4n) is 2.83. The van der Waals surface area contributed by atoms with Crippen LogP contribution in [0.15, 0.2) is 18.2 Å². The summed E-state index contributed by atoms with van der Waals surface area (Å²) in [6.45, 7) is 3.94. The Hall–Kier alpha value is -1.19. The molecular weight excluding hydrogens is 382 g/mol. The summed E-state index contributed by atoms with van der Waals surface area (Å²) in [6, 6.07) is 3.31. The molecule has 0 saturated carbocycles. The van der Waals surface area contributed by atoms with E-state index in [1.54, 1.807) is 6.92 Å². The molecule has 5 nitrogen and oxygen atoms in total. The van der Waals surface area contributed by atoms with Gasteiger partial charge in [-0.25, -0.2) is 21.5 Å². The summed E-state index contributed by atoms with van der Waals surface area (Å²) < 4.78 is 52.9. The van der Waals surface area contributed by atoms with Crippen LogP contribution in [0.3, 0.4) is 0 Å². The van der Waals surface area contributed by atoms with Gasteiger partial charge in [-0.1, -0.05) is 19.9 Å². The monoisotopic (exact) mass is 406 g/mol. The molecular formula is C17H24F2N2O3S2. The first-order chi connectivity index (χ1) is 12.2. The highest BCUT2D eigenvalue weighted by molar-refractivity contribution is 8.01. The number of carbonyl (C=O) groups excluding carboxylic acids is 1. The molecule has 1 aliphatic rings. The van der Waals surface area contributed by atoms with Crippen molar-refractivity contribution in [2.45, 2.75) is 37.3 Å². The van der Waals surface area contributed by atoms with Crippen molar-refractivity contribution in [3.05, 3.63) is 35.4 Å². The number of amides is 1. The number of thioether (sulfide) groups is 1. The second-order valence-electron chi connectivity index (χ2n) is 6.22. The van der Waals surface area contributed by atoms with Gasteiger partial charge in [-0.15, -0.1) is 11.8 Å². The standard InChI is InChI=1S/C17H24F2N2O3S2/c1-4-10-26(23,24)20(3)8-9-21-16(22)15(5-2)25-17(21)13-7-6-12(18)11-14(13)19/h6-7,11,15,17H,4-5,8-10H2,1-3H3/t15-,17+/m1/s1. The van der Waals surface area contributed by atoms with E-state index in [-0.39, 0.29) is 35.6 Å². The van der Waals surface area contributed by atoms with E-state index in [4.69, 9.17) is 0 Å². The van der Waals surface area contributed by atoms with E-state index in [2.05, 4.69) is 0 Å². The Balaban J connectivity index is 2.21. The molecule has 0 bridgehead atoms. The first-order valence-corrected chi connectivity index (χ1v) is 11.1. The number of nitrogens with zero attached hydrogens (tertiary/aromatic N) is 2. The minimum Gasteiger partial charge on any atom is -0.324 e. The van der Waals surface area contributed by atoms with Crippen molar-refractivity contribution in [1.82, 2.24) is 9.21 Å². The highest BCUT2D eigenvalue weighted by Crippen LogP contribution is 2.44. The fraction of sp³-hybridized carbons (Fsp3) is 0.588. The number of sulfonamides is 1. The zero-order valence-corrected chi connectivity index (χ0v) is 16.7. The van der Waals surface area contributed by atoms with Crippen molar-refractivity contribution < 1.29 is 22.0 Å². The van der Waals surface area contributed by atoms with E-state index in [9.17, 15) is 22.0 Å². The number of halogens is 2. The van der Waals surface area contributed by atoms with Crippen LogP contribution < -0.4 is 0 Å². The molecule has 26 heavy (non-hydrogen) atoms. The van der Waals surface area contributed by atoms with Crippen molar-refractivity contribution in [3.63, 3.8) is 0 Å². The van der Waals surface area contributed by atoms with Gasteiger partial charge < -0.3 is 4.90 Å². The smallest absolute Gasteiger partial charge is 0.236 e. The Morgan fingerprint density at radius 3 is 2.54 bits per heavy atom. The van der Waals surface area contributed by atoms with Gasteiger partial charge in [0.15, 0.2) is 0 Å². The molecule has 1 amide bonds. The third kappa shape index (κ3) is 4.55. The lowest BCUT2D eigenvalue weighted by molar-refractivity contribution is -0.130. The average molecular weight is 407 g/mol. The fourth-order valence-corrected chi connectivity index (χ4v) is 5.47. The number of likely N-dealkylation sites (N-methyl/N-ethyl adjacent to an activating group) is 1. The molecule has 0 N–H and O–H groups in total. The van der Waals surface area contributed by atoms with Gasteiger partial charge in [0.25, 0.3) is 0 Å². The summed E-state index contributed by atoms with van der Waals surface area (Å²) in [6.07, 6.45) is 1.09.